The Labute approximate surface area is 128 Å². The number of hydrogen-bond acceptors (Lipinski definition) is 5. The first kappa shape index (κ1) is 16.2. The molecule has 1 fully saturated rings. The second kappa shape index (κ2) is 6.70. The van der Waals surface area contributed by atoms with Crippen molar-refractivity contribution in [2.24, 2.45) is 0 Å². The Morgan fingerprint density at radius 3 is 3.00 bits per heavy atom. The van der Waals surface area contributed by atoms with Gasteiger partial charge in [-0.2, -0.15) is 0 Å². The molecule has 21 heavy (non-hydrogen) atoms. The van der Waals surface area contributed by atoms with Crippen LogP contribution in [0.25, 0.3) is 0 Å². The molecule has 1 aromatic rings. The summed E-state index contributed by atoms with van der Waals surface area (Å²) in [7, 11) is 0. The van der Waals surface area contributed by atoms with Gasteiger partial charge in [0.05, 0.1) is 35.4 Å². The number of ether oxygens (including phenoxy) is 2. The number of hydrogen-bond donors (Lipinski definition) is 1. The van der Waals surface area contributed by atoms with Gasteiger partial charge in [0.15, 0.2) is 0 Å². The Bertz CT molecular complexity index is 522. The average molecular weight is 315 g/mol. The van der Waals surface area contributed by atoms with Crippen molar-refractivity contribution < 1.29 is 14.4 Å². The van der Waals surface area contributed by atoms with Gasteiger partial charge in [-0.25, -0.2) is 0 Å². The fourth-order valence-corrected chi connectivity index (χ4v) is 2.46. The predicted octanol–water partition coefficient (Wildman–Crippen LogP) is 2.53. The van der Waals surface area contributed by atoms with Crippen LogP contribution in [0.2, 0.25) is 5.02 Å². The van der Waals surface area contributed by atoms with Crippen LogP contribution in [0.1, 0.15) is 19.4 Å². The number of nitro benzene ring substituents is 1. The van der Waals surface area contributed by atoms with Crippen molar-refractivity contribution in [1.29, 1.82) is 0 Å². The van der Waals surface area contributed by atoms with Crippen molar-refractivity contribution in [3.8, 4) is 0 Å². The van der Waals surface area contributed by atoms with Gasteiger partial charge in [-0.15, -0.1) is 0 Å². The van der Waals surface area contributed by atoms with E-state index in [0.29, 0.717) is 23.7 Å². The quantitative estimate of drug-likeness (QED) is 0.668. The third-order valence-electron chi connectivity index (χ3n) is 3.21. The van der Waals surface area contributed by atoms with Gasteiger partial charge in [0.1, 0.15) is 0 Å². The average Bonchev–Trinajstić information content (AvgIpc) is 2.39. The first-order chi connectivity index (χ1) is 9.87. The van der Waals surface area contributed by atoms with Crippen LogP contribution < -0.4 is 5.32 Å². The van der Waals surface area contributed by atoms with Crippen LogP contribution in [0.3, 0.4) is 0 Å². The minimum Gasteiger partial charge on any atom is -0.374 e. The molecule has 1 saturated heterocycles. The molecule has 1 atom stereocenters. The van der Waals surface area contributed by atoms with Crippen LogP contribution in [0, 0.1) is 10.1 Å². The molecular formula is C14H19ClN2O4. The SMILES string of the molecule is CC1(C)CNCC(COCc2ccc(Cl)cc2[N+](=O)[O-])O1. The van der Waals surface area contributed by atoms with E-state index in [2.05, 4.69) is 5.32 Å². The van der Waals surface area contributed by atoms with Crippen LogP contribution in [0.5, 0.6) is 0 Å². The van der Waals surface area contributed by atoms with Crippen molar-refractivity contribution in [2.45, 2.75) is 32.2 Å². The van der Waals surface area contributed by atoms with Crippen LogP contribution in [0.15, 0.2) is 18.2 Å². The summed E-state index contributed by atoms with van der Waals surface area (Å²) in [5.74, 6) is 0. The highest BCUT2D eigenvalue weighted by atomic mass is 35.5. The molecule has 2 rings (SSSR count). The van der Waals surface area contributed by atoms with Gasteiger partial charge < -0.3 is 14.8 Å². The topological polar surface area (TPSA) is 73.6 Å². The van der Waals surface area contributed by atoms with E-state index in [0.717, 1.165) is 6.54 Å². The zero-order valence-electron chi connectivity index (χ0n) is 12.1. The zero-order chi connectivity index (χ0) is 15.5. The summed E-state index contributed by atoms with van der Waals surface area (Å²) in [6.45, 7) is 6.08. The number of morpholine rings is 1. The maximum Gasteiger partial charge on any atom is 0.276 e. The van der Waals surface area contributed by atoms with Gasteiger partial charge in [-0.3, -0.25) is 10.1 Å². The van der Waals surface area contributed by atoms with Crippen molar-refractivity contribution in [2.75, 3.05) is 19.7 Å². The van der Waals surface area contributed by atoms with Gasteiger partial charge in [-0.05, 0) is 26.0 Å². The van der Waals surface area contributed by atoms with E-state index in [1.165, 1.54) is 6.07 Å². The van der Waals surface area contributed by atoms with Gasteiger partial charge >= 0.3 is 0 Å². The fraction of sp³-hybridized carbons (Fsp3) is 0.571. The molecule has 0 spiro atoms. The van der Waals surface area contributed by atoms with Crippen LogP contribution >= 0.6 is 11.6 Å². The molecule has 1 aliphatic rings. The molecule has 1 heterocycles. The number of nitro groups is 1. The molecule has 1 aliphatic heterocycles. The number of nitrogens with zero attached hydrogens (tertiary/aromatic N) is 1. The highest BCUT2D eigenvalue weighted by molar-refractivity contribution is 6.30. The Kier molecular flexibility index (Phi) is 5.16. The lowest BCUT2D eigenvalue weighted by Crippen LogP contribution is -2.51. The number of halogens is 1. The summed E-state index contributed by atoms with van der Waals surface area (Å²) >= 11 is 5.77. The highest BCUT2D eigenvalue weighted by Gasteiger charge is 2.28. The second-order valence-electron chi connectivity index (χ2n) is 5.68. The predicted molar refractivity (Wildman–Crippen MR) is 79.6 cm³/mol. The van der Waals surface area contributed by atoms with Crippen LogP contribution in [0.4, 0.5) is 5.69 Å². The maximum atomic E-state index is 11.0. The zero-order valence-corrected chi connectivity index (χ0v) is 12.9. The molecule has 1 N–H and O–H groups in total. The van der Waals surface area contributed by atoms with Crippen molar-refractivity contribution in [1.82, 2.24) is 5.32 Å². The molecule has 0 saturated carbocycles. The number of rotatable bonds is 5. The normalized spacial score (nSPS) is 21.2. The Morgan fingerprint density at radius 1 is 1.57 bits per heavy atom. The molecule has 6 nitrogen and oxygen atoms in total. The monoisotopic (exact) mass is 314 g/mol. The van der Waals surface area contributed by atoms with Gasteiger partial charge in [0.25, 0.3) is 5.69 Å². The molecule has 0 bridgehead atoms. The summed E-state index contributed by atoms with van der Waals surface area (Å²) < 4.78 is 11.4. The molecule has 116 valence electrons. The Balaban J connectivity index is 1.90. The largest absolute Gasteiger partial charge is 0.374 e. The summed E-state index contributed by atoms with van der Waals surface area (Å²) in [6, 6.07) is 4.57. The molecule has 0 aromatic heterocycles. The van der Waals surface area contributed by atoms with E-state index in [1.54, 1.807) is 12.1 Å². The summed E-state index contributed by atoms with van der Waals surface area (Å²) in [4.78, 5) is 10.5. The Hall–Kier alpha value is -1.21. The van der Waals surface area contributed by atoms with Crippen molar-refractivity contribution >= 4 is 17.3 Å². The minimum absolute atomic E-state index is 0.0227. The number of nitrogens with one attached hydrogen (secondary N) is 1. The first-order valence-electron chi connectivity index (χ1n) is 6.76. The molecule has 0 aliphatic carbocycles. The fourth-order valence-electron chi connectivity index (χ4n) is 2.29. The molecular weight excluding hydrogens is 296 g/mol. The summed E-state index contributed by atoms with van der Waals surface area (Å²) in [6.07, 6.45) is -0.0555. The lowest BCUT2D eigenvalue weighted by molar-refractivity contribution is -0.386. The summed E-state index contributed by atoms with van der Waals surface area (Å²) in [5, 5.41) is 14.6. The third-order valence-corrected chi connectivity index (χ3v) is 3.45. The smallest absolute Gasteiger partial charge is 0.276 e. The maximum absolute atomic E-state index is 11.0. The van der Waals surface area contributed by atoms with Gasteiger partial charge in [0.2, 0.25) is 0 Å². The summed E-state index contributed by atoms with van der Waals surface area (Å²) in [5.41, 5.74) is 0.261. The molecule has 1 unspecified atom stereocenters. The number of benzene rings is 1. The highest BCUT2D eigenvalue weighted by Crippen LogP contribution is 2.24. The molecule has 0 radical (unpaired) electrons. The second-order valence-corrected chi connectivity index (χ2v) is 6.11. The molecule has 1 aromatic carbocycles. The molecule has 7 heteroatoms. The third kappa shape index (κ3) is 4.64. The van der Waals surface area contributed by atoms with E-state index < -0.39 is 4.92 Å². The van der Waals surface area contributed by atoms with Crippen LogP contribution in [-0.4, -0.2) is 36.3 Å². The standard InChI is InChI=1S/C14H19ClN2O4/c1-14(2)9-16-6-12(21-14)8-20-7-10-3-4-11(15)5-13(10)17(18)19/h3-5,12,16H,6-9H2,1-2H3. The van der Waals surface area contributed by atoms with Gasteiger partial charge in [-0.1, -0.05) is 11.6 Å². The molecule has 0 amide bonds. The lowest BCUT2D eigenvalue weighted by Gasteiger charge is -2.36. The van der Waals surface area contributed by atoms with E-state index in [9.17, 15) is 10.1 Å². The van der Waals surface area contributed by atoms with E-state index in [4.69, 9.17) is 21.1 Å². The van der Waals surface area contributed by atoms with E-state index in [1.807, 2.05) is 13.8 Å². The van der Waals surface area contributed by atoms with Crippen LogP contribution in [-0.2, 0) is 16.1 Å². The lowest BCUT2D eigenvalue weighted by atomic mass is 10.1. The first-order valence-corrected chi connectivity index (χ1v) is 7.14. The minimum atomic E-state index is -0.452. The van der Waals surface area contributed by atoms with Crippen molar-refractivity contribution in [3.05, 3.63) is 38.9 Å². The van der Waals surface area contributed by atoms with Gasteiger partial charge in [0, 0.05) is 24.2 Å². The Morgan fingerprint density at radius 2 is 2.33 bits per heavy atom. The van der Waals surface area contributed by atoms with E-state index in [-0.39, 0.29) is 24.0 Å². The van der Waals surface area contributed by atoms with Crippen molar-refractivity contribution in [3.63, 3.8) is 0 Å². The van der Waals surface area contributed by atoms with E-state index >= 15 is 0 Å².